The summed E-state index contributed by atoms with van der Waals surface area (Å²) in [6.07, 6.45) is 6.96. The lowest BCUT2D eigenvalue weighted by molar-refractivity contribution is -0.164. The molecule has 132 valence electrons. The molecule has 0 saturated carbocycles. The predicted molar refractivity (Wildman–Crippen MR) is 96.0 cm³/mol. The third kappa shape index (κ3) is 7.76. The van der Waals surface area contributed by atoms with Crippen molar-refractivity contribution in [1.29, 1.82) is 0 Å². The molecule has 0 unspecified atom stereocenters. The SMILES string of the molecule is CCOC(=O)/C=C\C[C@H]1O[C@H](OCC)C=C[C@@H]1O[Si](C)(C)CBr. The predicted octanol–water partition coefficient (Wildman–Crippen LogP) is 3.34. The maximum atomic E-state index is 11.4. The first-order valence-corrected chi connectivity index (χ1v) is 12.2. The molecular weight excluding hydrogens is 380 g/mol. The lowest BCUT2D eigenvalue weighted by Crippen LogP contribution is -2.45. The van der Waals surface area contributed by atoms with E-state index >= 15 is 0 Å². The van der Waals surface area contributed by atoms with Gasteiger partial charge in [0.05, 0.1) is 18.8 Å². The Balaban J connectivity index is 2.71. The van der Waals surface area contributed by atoms with E-state index in [0.29, 0.717) is 19.6 Å². The van der Waals surface area contributed by atoms with Crippen molar-refractivity contribution in [3.63, 3.8) is 0 Å². The summed E-state index contributed by atoms with van der Waals surface area (Å²) in [5, 5.41) is 0. The van der Waals surface area contributed by atoms with E-state index in [1.54, 1.807) is 13.0 Å². The van der Waals surface area contributed by atoms with Crippen molar-refractivity contribution >= 4 is 30.2 Å². The van der Waals surface area contributed by atoms with Crippen LogP contribution in [0.5, 0.6) is 0 Å². The van der Waals surface area contributed by atoms with Gasteiger partial charge in [0, 0.05) is 17.6 Å². The van der Waals surface area contributed by atoms with E-state index in [2.05, 4.69) is 29.0 Å². The van der Waals surface area contributed by atoms with Gasteiger partial charge in [-0.2, -0.15) is 0 Å². The van der Waals surface area contributed by atoms with Crippen LogP contribution in [0.4, 0.5) is 0 Å². The molecule has 7 heteroatoms. The monoisotopic (exact) mass is 406 g/mol. The fourth-order valence-corrected chi connectivity index (χ4v) is 3.50. The molecule has 0 aromatic carbocycles. The van der Waals surface area contributed by atoms with E-state index in [4.69, 9.17) is 18.6 Å². The number of alkyl halides is 1. The molecule has 0 fully saturated rings. The van der Waals surface area contributed by atoms with Gasteiger partial charge in [0.15, 0.2) is 14.6 Å². The molecule has 23 heavy (non-hydrogen) atoms. The van der Waals surface area contributed by atoms with Crippen LogP contribution in [-0.2, 0) is 23.4 Å². The number of hydrogen-bond acceptors (Lipinski definition) is 5. The minimum Gasteiger partial charge on any atom is -0.463 e. The van der Waals surface area contributed by atoms with Crippen LogP contribution in [0.2, 0.25) is 13.1 Å². The second-order valence-electron chi connectivity index (χ2n) is 5.75. The first kappa shape index (κ1) is 20.6. The van der Waals surface area contributed by atoms with Crippen LogP contribution in [0.15, 0.2) is 24.3 Å². The van der Waals surface area contributed by atoms with Crippen LogP contribution in [-0.4, -0.2) is 51.0 Å². The van der Waals surface area contributed by atoms with Crippen LogP contribution in [0, 0.1) is 0 Å². The average Bonchev–Trinajstić information content (AvgIpc) is 2.50. The highest BCUT2D eigenvalue weighted by molar-refractivity contribution is 9.09. The molecule has 0 bridgehead atoms. The lowest BCUT2D eigenvalue weighted by Gasteiger charge is -2.35. The molecule has 1 aliphatic rings. The van der Waals surface area contributed by atoms with Crippen LogP contribution in [0.3, 0.4) is 0 Å². The zero-order valence-corrected chi connectivity index (χ0v) is 16.9. The average molecular weight is 407 g/mol. The van der Waals surface area contributed by atoms with Crippen molar-refractivity contribution in [3.8, 4) is 0 Å². The van der Waals surface area contributed by atoms with E-state index < -0.39 is 8.32 Å². The smallest absolute Gasteiger partial charge is 0.330 e. The number of rotatable bonds is 9. The Hall–Kier alpha value is -0.473. The Kier molecular flexibility index (Phi) is 9.31. The van der Waals surface area contributed by atoms with Crippen molar-refractivity contribution in [2.75, 3.05) is 18.2 Å². The number of carbonyl (C=O) groups excluding carboxylic acids is 1. The van der Waals surface area contributed by atoms with Gasteiger partial charge in [-0.05, 0) is 39.4 Å². The number of hydrogen-bond donors (Lipinski definition) is 0. The summed E-state index contributed by atoms with van der Waals surface area (Å²) in [7, 11) is -1.79. The van der Waals surface area contributed by atoms with Crippen LogP contribution in [0.1, 0.15) is 20.3 Å². The van der Waals surface area contributed by atoms with Crippen LogP contribution in [0.25, 0.3) is 0 Å². The minimum atomic E-state index is -1.79. The molecule has 1 rings (SSSR count). The quantitative estimate of drug-likeness (QED) is 0.193. The molecule has 0 aliphatic carbocycles. The Labute approximate surface area is 148 Å². The summed E-state index contributed by atoms with van der Waals surface area (Å²) < 4.78 is 22.6. The van der Waals surface area contributed by atoms with Gasteiger partial charge >= 0.3 is 5.97 Å². The first-order valence-electron chi connectivity index (χ1n) is 7.94. The molecule has 3 atom stereocenters. The first-order chi connectivity index (χ1) is 10.9. The van der Waals surface area contributed by atoms with Crippen LogP contribution < -0.4 is 0 Å². The maximum absolute atomic E-state index is 11.4. The van der Waals surface area contributed by atoms with Crippen molar-refractivity contribution in [3.05, 3.63) is 24.3 Å². The molecule has 0 N–H and O–H groups in total. The summed E-state index contributed by atoms with van der Waals surface area (Å²) in [5.41, 5.74) is 0. The second kappa shape index (κ2) is 10.4. The zero-order chi connectivity index (χ0) is 17.3. The Morgan fingerprint density at radius 1 is 1.30 bits per heavy atom. The third-order valence-electron chi connectivity index (χ3n) is 3.15. The van der Waals surface area contributed by atoms with Gasteiger partial charge in [-0.3, -0.25) is 0 Å². The molecule has 0 aromatic heterocycles. The van der Waals surface area contributed by atoms with E-state index in [1.807, 2.05) is 19.1 Å². The van der Waals surface area contributed by atoms with Crippen molar-refractivity contribution in [2.24, 2.45) is 0 Å². The lowest BCUT2D eigenvalue weighted by atomic mass is 10.1. The van der Waals surface area contributed by atoms with E-state index in [9.17, 15) is 4.79 Å². The molecule has 0 spiro atoms. The van der Waals surface area contributed by atoms with Crippen molar-refractivity contribution < 1.29 is 23.4 Å². The summed E-state index contributed by atoms with van der Waals surface area (Å²) in [5.74, 6) is -0.340. The molecule has 0 amide bonds. The number of halogens is 1. The highest BCUT2D eigenvalue weighted by Crippen LogP contribution is 2.23. The van der Waals surface area contributed by atoms with Crippen molar-refractivity contribution in [2.45, 2.75) is 51.9 Å². The summed E-state index contributed by atoms with van der Waals surface area (Å²) in [4.78, 5) is 12.2. The molecule has 0 aromatic rings. The fraction of sp³-hybridized carbons (Fsp3) is 0.688. The Bertz CT molecular complexity index is 425. The van der Waals surface area contributed by atoms with E-state index in [1.165, 1.54) is 6.08 Å². The highest BCUT2D eigenvalue weighted by Gasteiger charge is 2.33. The number of esters is 1. The fourth-order valence-electron chi connectivity index (χ4n) is 2.07. The largest absolute Gasteiger partial charge is 0.463 e. The normalized spacial score (nSPS) is 25.0. The van der Waals surface area contributed by atoms with Gasteiger partial charge in [-0.15, -0.1) is 0 Å². The van der Waals surface area contributed by atoms with Crippen molar-refractivity contribution in [1.82, 2.24) is 0 Å². The van der Waals surface area contributed by atoms with Gasteiger partial charge in [-0.25, -0.2) is 4.79 Å². The van der Waals surface area contributed by atoms with E-state index in [0.717, 1.165) is 4.95 Å². The Morgan fingerprint density at radius 3 is 2.65 bits per heavy atom. The third-order valence-corrected chi connectivity index (χ3v) is 8.76. The Morgan fingerprint density at radius 2 is 2.04 bits per heavy atom. The van der Waals surface area contributed by atoms with Gasteiger partial charge in [0.2, 0.25) is 0 Å². The summed E-state index contributed by atoms with van der Waals surface area (Å²) in [6.45, 7) is 8.95. The van der Waals surface area contributed by atoms with Gasteiger partial charge in [0.25, 0.3) is 0 Å². The molecule has 1 heterocycles. The molecule has 0 radical (unpaired) electrons. The number of carbonyl (C=O) groups is 1. The highest BCUT2D eigenvalue weighted by atomic mass is 79.9. The summed E-state index contributed by atoms with van der Waals surface area (Å²) >= 11 is 3.52. The van der Waals surface area contributed by atoms with Gasteiger partial charge < -0.3 is 18.6 Å². The molecular formula is C16H27BrO5Si. The van der Waals surface area contributed by atoms with Gasteiger partial charge in [-0.1, -0.05) is 28.1 Å². The van der Waals surface area contributed by atoms with E-state index in [-0.39, 0.29) is 24.5 Å². The molecule has 5 nitrogen and oxygen atoms in total. The van der Waals surface area contributed by atoms with Crippen LogP contribution >= 0.6 is 15.9 Å². The molecule has 0 saturated heterocycles. The topological polar surface area (TPSA) is 54.0 Å². The second-order valence-corrected chi connectivity index (χ2v) is 11.5. The minimum absolute atomic E-state index is 0.141. The standard InChI is InChI=1S/C16H27BrO5Si/c1-5-19-15(18)9-7-8-13-14(22-23(3,4)12-17)10-11-16(21-13)20-6-2/h7,9-11,13-14,16H,5-6,8,12H2,1-4H3/b9-7-/t13-,14+,16+/m1/s1. The zero-order valence-electron chi connectivity index (χ0n) is 14.3. The van der Waals surface area contributed by atoms with Gasteiger partial charge in [0.1, 0.15) is 0 Å². The molecule has 1 aliphatic heterocycles. The number of ether oxygens (including phenoxy) is 3. The maximum Gasteiger partial charge on any atom is 0.330 e. The summed E-state index contributed by atoms with van der Waals surface area (Å²) in [6, 6.07) is 0.